The third kappa shape index (κ3) is 5.06. The standard InChI is InChI=1S/C26H25Cl2N5O3S/c1-17-12-24(33(31-17)14-18-6-8-19(27)9-7-18)32-15-20(37(35,36)23-5-3-2-4-21(23)28)13-22(32)25(34)30-26(16-29)10-11-26/h2-9,12,20,22H,10-11,13-15H2,1H3,(H,30,34). The van der Waals surface area contributed by atoms with Crippen molar-refractivity contribution < 1.29 is 13.2 Å². The lowest BCUT2D eigenvalue weighted by Gasteiger charge is -2.27. The fourth-order valence-corrected chi connectivity index (χ4v) is 7.07. The summed E-state index contributed by atoms with van der Waals surface area (Å²) in [4.78, 5) is 15.3. The Hall–Kier alpha value is -3.06. The SMILES string of the molecule is Cc1cc(N2CC(S(=O)(=O)c3ccccc3Cl)CC2C(=O)NC2(C#N)CC2)n(Cc2ccc(Cl)cc2)n1. The molecule has 3 aromatic rings. The third-order valence-electron chi connectivity index (χ3n) is 6.89. The third-order valence-corrected chi connectivity index (χ3v) is 9.78. The second-order valence-electron chi connectivity index (χ2n) is 9.61. The Balaban J connectivity index is 1.51. The summed E-state index contributed by atoms with van der Waals surface area (Å²) < 4.78 is 29.0. The molecule has 2 unspecified atom stereocenters. The van der Waals surface area contributed by atoms with E-state index in [-0.39, 0.29) is 28.8 Å². The van der Waals surface area contributed by atoms with E-state index >= 15 is 0 Å². The lowest BCUT2D eigenvalue weighted by molar-refractivity contribution is -0.122. The first-order valence-corrected chi connectivity index (χ1v) is 14.2. The number of amides is 1. The first kappa shape index (κ1) is 25.6. The molecular weight excluding hydrogens is 533 g/mol. The van der Waals surface area contributed by atoms with Gasteiger partial charge in [0.15, 0.2) is 9.84 Å². The minimum absolute atomic E-state index is 0.0456. The molecule has 2 atom stereocenters. The summed E-state index contributed by atoms with van der Waals surface area (Å²) in [5, 5.41) is 16.9. The van der Waals surface area contributed by atoms with Crippen molar-refractivity contribution in [2.75, 3.05) is 11.4 Å². The van der Waals surface area contributed by atoms with Gasteiger partial charge in [0.2, 0.25) is 5.91 Å². The van der Waals surface area contributed by atoms with Gasteiger partial charge in [-0.25, -0.2) is 13.1 Å². The van der Waals surface area contributed by atoms with E-state index in [0.717, 1.165) is 11.3 Å². The minimum atomic E-state index is -3.84. The highest BCUT2D eigenvalue weighted by atomic mass is 35.5. The van der Waals surface area contributed by atoms with E-state index in [2.05, 4.69) is 16.5 Å². The highest BCUT2D eigenvalue weighted by molar-refractivity contribution is 7.92. The van der Waals surface area contributed by atoms with E-state index in [1.165, 1.54) is 6.07 Å². The molecule has 1 aliphatic carbocycles. The van der Waals surface area contributed by atoms with Crippen LogP contribution < -0.4 is 10.2 Å². The largest absolute Gasteiger partial charge is 0.343 e. The zero-order chi connectivity index (χ0) is 26.4. The van der Waals surface area contributed by atoms with Crippen molar-refractivity contribution in [3.63, 3.8) is 0 Å². The van der Waals surface area contributed by atoms with Gasteiger partial charge in [-0.1, -0.05) is 47.5 Å². The van der Waals surface area contributed by atoms with E-state index in [1.807, 2.05) is 25.1 Å². The molecule has 1 N–H and O–H groups in total. The van der Waals surface area contributed by atoms with Gasteiger partial charge in [0.05, 0.1) is 33.5 Å². The van der Waals surface area contributed by atoms with Gasteiger partial charge in [-0.3, -0.25) is 4.79 Å². The number of rotatable bonds is 7. The molecule has 5 rings (SSSR count). The predicted molar refractivity (Wildman–Crippen MR) is 141 cm³/mol. The molecule has 192 valence electrons. The minimum Gasteiger partial charge on any atom is -0.343 e. The van der Waals surface area contributed by atoms with Crippen molar-refractivity contribution in [2.24, 2.45) is 0 Å². The fourth-order valence-electron chi connectivity index (χ4n) is 4.73. The molecule has 1 saturated carbocycles. The maximum atomic E-state index is 13.6. The van der Waals surface area contributed by atoms with Gasteiger partial charge in [0.25, 0.3) is 0 Å². The molecule has 0 radical (unpaired) electrons. The lowest BCUT2D eigenvalue weighted by Crippen LogP contribution is -2.48. The molecule has 8 nitrogen and oxygen atoms in total. The Bertz CT molecular complexity index is 1490. The normalized spacial score (nSPS) is 20.4. The van der Waals surface area contributed by atoms with Crippen LogP contribution in [0, 0.1) is 18.3 Å². The number of benzene rings is 2. The molecule has 2 aromatic carbocycles. The van der Waals surface area contributed by atoms with Gasteiger partial charge in [0.1, 0.15) is 17.4 Å². The van der Waals surface area contributed by atoms with Crippen LogP contribution in [0.5, 0.6) is 0 Å². The molecule has 1 amide bonds. The molecule has 2 heterocycles. The van der Waals surface area contributed by atoms with Crippen LogP contribution in [0.3, 0.4) is 0 Å². The van der Waals surface area contributed by atoms with Gasteiger partial charge in [0, 0.05) is 17.6 Å². The van der Waals surface area contributed by atoms with Crippen LogP contribution >= 0.6 is 23.2 Å². The Labute approximate surface area is 225 Å². The first-order chi connectivity index (χ1) is 17.6. The molecule has 37 heavy (non-hydrogen) atoms. The van der Waals surface area contributed by atoms with Crippen molar-refractivity contribution >= 4 is 44.8 Å². The van der Waals surface area contributed by atoms with Crippen LogP contribution in [0.25, 0.3) is 0 Å². The summed E-state index contributed by atoms with van der Waals surface area (Å²) in [6.07, 6.45) is 1.22. The predicted octanol–water partition coefficient (Wildman–Crippen LogP) is 4.14. The summed E-state index contributed by atoms with van der Waals surface area (Å²) in [6.45, 7) is 2.34. The quantitative estimate of drug-likeness (QED) is 0.467. The number of halogens is 2. The highest BCUT2D eigenvalue weighted by Gasteiger charge is 2.50. The van der Waals surface area contributed by atoms with Crippen molar-refractivity contribution in [1.82, 2.24) is 15.1 Å². The van der Waals surface area contributed by atoms with Gasteiger partial charge in [-0.2, -0.15) is 10.4 Å². The molecule has 2 fully saturated rings. The average Bonchev–Trinajstić information content (AvgIpc) is 3.32. The van der Waals surface area contributed by atoms with Gasteiger partial charge >= 0.3 is 0 Å². The van der Waals surface area contributed by atoms with Crippen molar-refractivity contribution in [2.45, 2.75) is 54.5 Å². The summed E-state index contributed by atoms with van der Waals surface area (Å²) in [5.74, 6) is 0.263. The highest BCUT2D eigenvalue weighted by Crippen LogP contribution is 2.38. The average molecular weight is 558 g/mol. The van der Waals surface area contributed by atoms with E-state index in [0.29, 0.717) is 30.2 Å². The number of aryl methyl sites for hydroxylation is 1. The summed E-state index contributed by atoms with van der Waals surface area (Å²) in [7, 11) is -3.84. The van der Waals surface area contributed by atoms with Crippen LogP contribution in [0.1, 0.15) is 30.5 Å². The second kappa shape index (κ2) is 9.67. The molecule has 0 bridgehead atoms. The molecule has 11 heteroatoms. The number of anilines is 1. The fraction of sp³-hybridized carbons (Fsp3) is 0.346. The Morgan fingerprint density at radius 3 is 2.54 bits per heavy atom. The van der Waals surface area contributed by atoms with Gasteiger partial charge < -0.3 is 10.2 Å². The van der Waals surface area contributed by atoms with Crippen LogP contribution in [-0.4, -0.2) is 47.5 Å². The van der Waals surface area contributed by atoms with E-state index in [9.17, 15) is 18.5 Å². The zero-order valence-corrected chi connectivity index (χ0v) is 22.4. The Kier molecular flexibility index (Phi) is 6.69. The number of nitrogens with one attached hydrogen (secondary N) is 1. The molecule has 0 spiro atoms. The Morgan fingerprint density at radius 1 is 1.19 bits per heavy atom. The van der Waals surface area contributed by atoms with E-state index in [1.54, 1.807) is 39.9 Å². The summed E-state index contributed by atoms with van der Waals surface area (Å²) in [5.41, 5.74) is 0.814. The number of hydrogen-bond acceptors (Lipinski definition) is 6. The van der Waals surface area contributed by atoms with Crippen molar-refractivity contribution in [3.8, 4) is 6.07 Å². The Morgan fingerprint density at radius 2 is 1.89 bits per heavy atom. The molecular formula is C26H25Cl2N5O3S. The molecule has 1 saturated heterocycles. The number of nitriles is 1. The van der Waals surface area contributed by atoms with Crippen LogP contribution in [0.2, 0.25) is 10.0 Å². The molecule has 2 aliphatic rings. The summed E-state index contributed by atoms with van der Waals surface area (Å²) in [6, 6.07) is 16.9. The van der Waals surface area contributed by atoms with Crippen LogP contribution in [0.4, 0.5) is 5.82 Å². The van der Waals surface area contributed by atoms with Crippen LogP contribution in [-0.2, 0) is 21.2 Å². The van der Waals surface area contributed by atoms with Crippen molar-refractivity contribution in [1.29, 1.82) is 5.26 Å². The zero-order valence-electron chi connectivity index (χ0n) is 20.1. The molecule has 1 aromatic heterocycles. The first-order valence-electron chi connectivity index (χ1n) is 11.9. The van der Waals surface area contributed by atoms with E-state index in [4.69, 9.17) is 23.2 Å². The number of hydrogen-bond donors (Lipinski definition) is 1. The molecule has 1 aliphatic heterocycles. The number of carbonyl (C=O) groups excluding carboxylic acids is 1. The van der Waals surface area contributed by atoms with Gasteiger partial charge in [-0.05, 0) is 56.0 Å². The number of nitrogens with zero attached hydrogens (tertiary/aromatic N) is 4. The number of sulfone groups is 1. The van der Waals surface area contributed by atoms with Crippen LogP contribution in [0.15, 0.2) is 59.5 Å². The number of aromatic nitrogens is 2. The maximum absolute atomic E-state index is 13.6. The summed E-state index contributed by atoms with van der Waals surface area (Å²) >= 11 is 12.3. The lowest BCUT2D eigenvalue weighted by atomic mass is 10.1. The van der Waals surface area contributed by atoms with E-state index < -0.39 is 26.7 Å². The topological polar surface area (TPSA) is 108 Å². The monoisotopic (exact) mass is 557 g/mol. The maximum Gasteiger partial charge on any atom is 0.244 e. The van der Waals surface area contributed by atoms with Crippen molar-refractivity contribution in [3.05, 3.63) is 75.9 Å². The van der Waals surface area contributed by atoms with Gasteiger partial charge in [-0.15, -0.1) is 0 Å². The smallest absolute Gasteiger partial charge is 0.244 e. The number of carbonyl (C=O) groups is 1. The second-order valence-corrected chi connectivity index (χ2v) is 12.7.